The summed E-state index contributed by atoms with van der Waals surface area (Å²) < 4.78 is 27.3. The highest BCUT2D eigenvalue weighted by atomic mass is 32.2. The number of hydrogen-bond donors (Lipinski definition) is 2. The molecule has 0 saturated carbocycles. The Bertz CT molecular complexity index is 693. The zero-order valence-electron chi connectivity index (χ0n) is 12.2. The number of sulfonamides is 1. The highest BCUT2D eigenvalue weighted by Crippen LogP contribution is 2.22. The topological polar surface area (TPSA) is 58.2 Å². The van der Waals surface area contributed by atoms with Gasteiger partial charge >= 0.3 is 0 Å². The van der Waals surface area contributed by atoms with Gasteiger partial charge in [-0.1, -0.05) is 19.1 Å². The predicted octanol–water partition coefficient (Wildman–Crippen LogP) is 3.36. The summed E-state index contributed by atoms with van der Waals surface area (Å²) in [6, 6.07) is 9.06. The Labute approximate surface area is 130 Å². The van der Waals surface area contributed by atoms with E-state index in [-0.39, 0.29) is 0 Å². The predicted molar refractivity (Wildman–Crippen MR) is 88.3 cm³/mol. The van der Waals surface area contributed by atoms with E-state index in [0.29, 0.717) is 17.1 Å². The summed E-state index contributed by atoms with van der Waals surface area (Å²) in [6.07, 6.45) is 1.06. The highest BCUT2D eigenvalue weighted by Gasteiger charge is 2.16. The maximum atomic E-state index is 12.3. The SMILES string of the molecule is CCCNCc1cc(S(=O)(=O)Nc2cccc(C)c2)cs1. The first kappa shape index (κ1) is 16.0. The van der Waals surface area contributed by atoms with Crippen LogP contribution in [0, 0.1) is 6.92 Å². The first-order valence-corrected chi connectivity index (χ1v) is 9.25. The fraction of sp³-hybridized carbons (Fsp3) is 0.333. The lowest BCUT2D eigenvalue weighted by Gasteiger charge is -2.07. The third kappa shape index (κ3) is 4.56. The van der Waals surface area contributed by atoms with E-state index in [4.69, 9.17) is 0 Å². The maximum Gasteiger partial charge on any atom is 0.262 e. The van der Waals surface area contributed by atoms with Gasteiger partial charge in [-0.3, -0.25) is 4.72 Å². The van der Waals surface area contributed by atoms with Gasteiger partial charge in [0.05, 0.1) is 4.90 Å². The van der Waals surface area contributed by atoms with Crippen LogP contribution in [0.1, 0.15) is 23.8 Å². The molecular weight excluding hydrogens is 304 g/mol. The minimum atomic E-state index is -3.51. The zero-order chi connectivity index (χ0) is 15.3. The smallest absolute Gasteiger partial charge is 0.262 e. The second kappa shape index (κ2) is 7.06. The molecule has 0 aliphatic carbocycles. The minimum absolute atomic E-state index is 0.322. The second-order valence-electron chi connectivity index (χ2n) is 4.90. The summed E-state index contributed by atoms with van der Waals surface area (Å²) in [5.41, 5.74) is 1.61. The third-order valence-electron chi connectivity index (χ3n) is 2.94. The molecule has 2 N–H and O–H groups in total. The molecular formula is C15H20N2O2S2. The summed E-state index contributed by atoms with van der Waals surface area (Å²) in [5, 5.41) is 4.95. The van der Waals surface area contributed by atoms with Crippen molar-refractivity contribution < 1.29 is 8.42 Å². The van der Waals surface area contributed by atoms with Crippen molar-refractivity contribution in [2.24, 2.45) is 0 Å². The molecule has 21 heavy (non-hydrogen) atoms. The van der Waals surface area contributed by atoms with E-state index in [1.165, 1.54) is 11.3 Å². The lowest BCUT2D eigenvalue weighted by atomic mass is 10.2. The van der Waals surface area contributed by atoms with Gasteiger partial charge in [0.1, 0.15) is 0 Å². The van der Waals surface area contributed by atoms with Crippen LogP contribution in [0.5, 0.6) is 0 Å². The summed E-state index contributed by atoms with van der Waals surface area (Å²) in [5.74, 6) is 0. The van der Waals surface area contributed by atoms with E-state index in [0.717, 1.165) is 23.4 Å². The van der Waals surface area contributed by atoms with Crippen LogP contribution in [0.4, 0.5) is 5.69 Å². The van der Waals surface area contributed by atoms with Crippen molar-refractivity contribution in [1.29, 1.82) is 0 Å². The van der Waals surface area contributed by atoms with Crippen molar-refractivity contribution in [3.8, 4) is 0 Å². The number of anilines is 1. The van der Waals surface area contributed by atoms with Crippen LogP contribution in [0.25, 0.3) is 0 Å². The molecule has 0 bridgehead atoms. The molecule has 1 aromatic carbocycles. The Balaban J connectivity index is 2.09. The molecule has 2 rings (SSSR count). The molecule has 2 aromatic rings. The van der Waals surface area contributed by atoms with Gasteiger partial charge in [0.25, 0.3) is 10.0 Å². The van der Waals surface area contributed by atoms with E-state index in [2.05, 4.69) is 17.0 Å². The van der Waals surface area contributed by atoms with Crippen LogP contribution < -0.4 is 10.0 Å². The lowest BCUT2D eigenvalue weighted by molar-refractivity contribution is 0.601. The van der Waals surface area contributed by atoms with Crippen LogP contribution in [-0.4, -0.2) is 15.0 Å². The van der Waals surface area contributed by atoms with E-state index in [1.807, 2.05) is 25.1 Å². The first-order chi connectivity index (χ1) is 10.0. The monoisotopic (exact) mass is 324 g/mol. The van der Waals surface area contributed by atoms with Crippen LogP contribution >= 0.6 is 11.3 Å². The molecule has 0 aliphatic rings. The number of hydrogen-bond acceptors (Lipinski definition) is 4. The molecule has 0 radical (unpaired) electrons. The minimum Gasteiger partial charge on any atom is -0.312 e. The van der Waals surface area contributed by atoms with Crippen molar-refractivity contribution >= 4 is 27.0 Å². The molecule has 0 aliphatic heterocycles. The molecule has 0 saturated heterocycles. The molecule has 6 heteroatoms. The summed E-state index contributed by atoms with van der Waals surface area (Å²) in [7, 11) is -3.51. The summed E-state index contributed by atoms with van der Waals surface area (Å²) in [6.45, 7) is 5.67. The van der Waals surface area contributed by atoms with Crippen LogP contribution in [0.2, 0.25) is 0 Å². The first-order valence-electron chi connectivity index (χ1n) is 6.89. The molecule has 0 amide bonds. The van der Waals surface area contributed by atoms with Crippen molar-refractivity contribution in [2.75, 3.05) is 11.3 Å². The van der Waals surface area contributed by atoms with E-state index in [9.17, 15) is 8.42 Å². The van der Waals surface area contributed by atoms with Gasteiger partial charge < -0.3 is 5.32 Å². The molecule has 0 unspecified atom stereocenters. The third-order valence-corrected chi connectivity index (χ3v) is 5.38. The van der Waals surface area contributed by atoms with Crippen molar-refractivity contribution in [3.05, 3.63) is 46.2 Å². The average Bonchev–Trinajstić information content (AvgIpc) is 2.88. The van der Waals surface area contributed by atoms with E-state index in [1.54, 1.807) is 17.5 Å². The Morgan fingerprint density at radius 1 is 1.24 bits per heavy atom. The highest BCUT2D eigenvalue weighted by molar-refractivity contribution is 7.92. The standard InChI is InChI=1S/C15H20N2O2S2/c1-3-7-16-10-14-9-15(11-20-14)21(18,19)17-13-6-4-5-12(2)8-13/h4-6,8-9,11,16-17H,3,7,10H2,1-2H3. The fourth-order valence-corrected chi connectivity index (χ4v) is 4.20. The molecule has 1 aromatic heterocycles. The van der Waals surface area contributed by atoms with Crippen LogP contribution in [-0.2, 0) is 16.6 Å². The molecule has 4 nitrogen and oxygen atoms in total. The number of rotatable bonds is 7. The second-order valence-corrected chi connectivity index (χ2v) is 7.58. The Morgan fingerprint density at radius 3 is 2.76 bits per heavy atom. The van der Waals surface area contributed by atoms with Crippen LogP contribution in [0.3, 0.4) is 0 Å². The quantitative estimate of drug-likeness (QED) is 0.768. The normalized spacial score (nSPS) is 11.5. The van der Waals surface area contributed by atoms with E-state index < -0.39 is 10.0 Å². The Hall–Kier alpha value is -1.37. The van der Waals surface area contributed by atoms with Gasteiger partial charge in [0.2, 0.25) is 0 Å². The number of benzene rings is 1. The molecule has 1 heterocycles. The number of thiophene rings is 1. The Morgan fingerprint density at radius 2 is 2.05 bits per heavy atom. The van der Waals surface area contributed by atoms with Crippen LogP contribution in [0.15, 0.2) is 40.6 Å². The van der Waals surface area contributed by atoms with Crippen molar-refractivity contribution in [3.63, 3.8) is 0 Å². The zero-order valence-corrected chi connectivity index (χ0v) is 13.9. The Kier molecular flexibility index (Phi) is 5.39. The molecule has 0 fully saturated rings. The number of nitrogens with one attached hydrogen (secondary N) is 2. The number of aryl methyl sites for hydroxylation is 1. The molecule has 0 spiro atoms. The van der Waals surface area contributed by atoms with Gasteiger partial charge in [-0.05, 0) is 43.7 Å². The largest absolute Gasteiger partial charge is 0.312 e. The molecule has 114 valence electrons. The van der Waals surface area contributed by atoms with Gasteiger partial charge in [-0.2, -0.15) is 0 Å². The summed E-state index contributed by atoms with van der Waals surface area (Å²) >= 11 is 1.46. The van der Waals surface area contributed by atoms with E-state index >= 15 is 0 Å². The molecule has 0 atom stereocenters. The van der Waals surface area contributed by atoms with Crippen molar-refractivity contribution in [1.82, 2.24) is 5.32 Å². The van der Waals surface area contributed by atoms with Gasteiger partial charge in [0.15, 0.2) is 0 Å². The lowest BCUT2D eigenvalue weighted by Crippen LogP contribution is -2.13. The summed E-state index contributed by atoms with van der Waals surface area (Å²) in [4.78, 5) is 1.34. The van der Waals surface area contributed by atoms with Gasteiger partial charge in [-0.25, -0.2) is 8.42 Å². The van der Waals surface area contributed by atoms with Gasteiger partial charge in [0, 0.05) is 22.5 Å². The average molecular weight is 324 g/mol. The van der Waals surface area contributed by atoms with Gasteiger partial charge in [-0.15, -0.1) is 11.3 Å². The van der Waals surface area contributed by atoms with Crippen molar-refractivity contribution in [2.45, 2.75) is 31.7 Å². The maximum absolute atomic E-state index is 12.3. The fourth-order valence-electron chi connectivity index (χ4n) is 1.91.